The van der Waals surface area contributed by atoms with Gasteiger partial charge in [-0.3, -0.25) is 10.1 Å². The van der Waals surface area contributed by atoms with Crippen LogP contribution in [0.1, 0.15) is 5.56 Å². The van der Waals surface area contributed by atoms with Crippen LogP contribution in [-0.4, -0.2) is 4.92 Å². The van der Waals surface area contributed by atoms with Gasteiger partial charge in [0.15, 0.2) is 11.6 Å². The van der Waals surface area contributed by atoms with E-state index in [1.165, 1.54) is 24.3 Å². The fraction of sp³-hybridized carbons (Fsp3) is 0.0769. The summed E-state index contributed by atoms with van der Waals surface area (Å²) in [5.74, 6) is -7.63. The van der Waals surface area contributed by atoms with E-state index in [0.29, 0.717) is 0 Å². The minimum atomic E-state index is -2.02. The lowest BCUT2D eigenvalue weighted by Crippen LogP contribution is -2.05. The highest BCUT2D eigenvalue weighted by Crippen LogP contribution is 2.35. The van der Waals surface area contributed by atoms with E-state index < -0.39 is 39.4 Å². The monoisotopic (exact) mass is 285 g/mol. The molecule has 0 N–H and O–H groups in total. The van der Waals surface area contributed by atoms with Crippen LogP contribution in [0.15, 0.2) is 24.3 Å². The van der Waals surface area contributed by atoms with Crippen LogP contribution >= 0.6 is 0 Å². The number of nitro groups is 1. The van der Waals surface area contributed by atoms with Crippen LogP contribution in [0.2, 0.25) is 0 Å². The zero-order chi connectivity index (χ0) is 15.0. The molecule has 0 heterocycles. The van der Waals surface area contributed by atoms with Crippen molar-refractivity contribution in [2.24, 2.45) is 0 Å². The number of rotatable bonds is 2. The lowest BCUT2D eigenvalue weighted by molar-refractivity contribution is -0.390. The number of hydrogen-bond acceptors (Lipinski definition) is 2. The first kappa shape index (κ1) is 14.0. The van der Waals surface area contributed by atoms with Crippen LogP contribution in [0, 0.1) is 40.3 Å². The molecule has 0 aliphatic heterocycles. The van der Waals surface area contributed by atoms with Crippen LogP contribution in [0.25, 0.3) is 11.1 Å². The first-order chi connectivity index (χ1) is 9.34. The highest BCUT2D eigenvalue weighted by Gasteiger charge is 2.33. The van der Waals surface area contributed by atoms with E-state index in [1.807, 2.05) is 0 Å². The molecular formula is C13H7F4NO2. The van der Waals surface area contributed by atoms with E-state index in [9.17, 15) is 27.7 Å². The maximum Gasteiger partial charge on any atom is 0.346 e. The largest absolute Gasteiger partial charge is 0.346 e. The van der Waals surface area contributed by atoms with Crippen molar-refractivity contribution >= 4 is 5.69 Å². The van der Waals surface area contributed by atoms with Crippen molar-refractivity contribution < 1.29 is 22.5 Å². The molecule has 0 radical (unpaired) electrons. The molecule has 0 fully saturated rings. The molecule has 0 spiro atoms. The second-order valence-electron chi connectivity index (χ2n) is 4.10. The van der Waals surface area contributed by atoms with Crippen molar-refractivity contribution in [2.75, 3.05) is 0 Å². The molecule has 0 saturated heterocycles. The summed E-state index contributed by atoms with van der Waals surface area (Å²) in [5, 5.41) is 10.4. The van der Waals surface area contributed by atoms with Crippen LogP contribution in [0.5, 0.6) is 0 Å². The van der Waals surface area contributed by atoms with Crippen molar-refractivity contribution in [2.45, 2.75) is 6.92 Å². The Labute approximate surface area is 110 Å². The molecule has 0 amide bonds. The average molecular weight is 285 g/mol. The number of aryl methyl sites for hydroxylation is 1. The number of nitro benzene ring substituents is 1. The molecule has 7 heteroatoms. The molecule has 0 aliphatic rings. The van der Waals surface area contributed by atoms with Gasteiger partial charge in [0.25, 0.3) is 0 Å². The molecule has 0 unspecified atom stereocenters. The molecule has 0 bridgehead atoms. The predicted octanol–water partition coefficient (Wildman–Crippen LogP) is 4.13. The van der Waals surface area contributed by atoms with Gasteiger partial charge >= 0.3 is 5.69 Å². The van der Waals surface area contributed by atoms with E-state index in [4.69, 9.17) is 0 Å². The maximum absolute atomic E-state index is 13.8. The van der Waals surface area contributed by atoms with Crippen molar-refractivity contribution in [3.63, 3.8) is 0 Å². The topological polar surface area (TPSA) is 43.1 Å². The van der Waals surface area contributed by atoms with Gasteiger partial charge in [-0.05, 0) is 12.5 Å². The normalized spacial score (nSPS) is 10.7. The molecule has 2 aromatic carbocycles. The Morgan fingerprint density at radius 1 is 0.900 bits per heavy atom. The Morgan fingerprint density at radius 2 is 1.35 bits per heavy atom. The molecule has 0 aromatic heterocycles. The van der Waals surface area contributed by atoms with E-state index in [0.717, 1.165) is 5.56 Å². The van der Waals surface area contributed by atoms with E-state index in [2.05, 4.69) is 0 Å². The Bertz CT molecular complexity index is 670. The minimum absolute atomic E-state index is 0.113. The Hall–Kier alpha value is -2.44. The van der Waals surface area contributed by atoms with E-state index in [-0.39, 0.29) is 5.56 Å². The van der Waals surface area contributed by atoms with Crippen LogP contribution in [0.4, 0.5) is 23.2 Å². The second-order valence-corrected chi connectivity index (χ2v) is 4.10. The van der Waals surface area contributed by atoms with Gasteiger partial charge in [0, 0.05) is 0 Å². The first-order valence-electron chi connectivity index (χ1n) is 5.42. The highest BCUT2D eigenvalue weighted by atomic mass is 19.2. The quantitative estimate of drug-likeness (QED) is 0.360. The van der Waals surface area contributed by atoms with Crippen LogP contribution < -0.4 is 0 Å². The SMILES string of the molecule is Cc1ccc(-c2c(F)c(F)c([N+](=O)[O-])c(F)c2F)cc1. The van der Waals surface area contributed by atoms with E-state index in [1.54, 1.807) is 6.92 Å². The van der Waals surface area contributed by atoms with Crippen molar-refractivity contribution in [3.05, 3.63) is 63.2 Å². The minimum Gasteiger partial charge on any atom is -0.258 e. The number of halogens is 4. The van der Waals surface area contributed by atoms with Crippen LogP contribution in [0.3, 0.4) is 0 Å². The highest BCUT2D eigenvalue weighted by molar-refractivity contribution is 5.67. The van der Waals surface area contributed by atoms with Gasteiger partial charge < -0.3 is 0 Å². The van der Waals surface area contributed by atoms with Gasteiger partial charge in [-0.1, -0.05) is 29.8 Å². The predicted molar refractivity (Wildman–Crippen MR) is 63.1 cm³/mol. The molecule has 2 rings (SSSR count). The molecule has 0 atom stereocenters. The fourth-order valence-electron chi connectivity index (χ4n) is 1.75. The maximum atomic E-state index is 13.8. The summed E-state index contributed by atoms with van der Waals surface area (Å²) in [6.07, 6.45) is 0. The van der Waals surface area contributed by atoms with Crippen molar-refractivity contribution in [3.8, 4) is 11.1 Å². The number of nitrogens with zero attached hydrogens (tertiary/aromatic N) is 1. The Balaban J connectivity index is 2.79. The van der Waals surface area contributed by atoms with Gasteiger partial charge in [-0.15, -0.1) is 0 Å². The summed E-state index contributed by atoms with van der Waals surface area (Å²) < 4.78 is 54.5. The zero-order valence-corrected chi connectivity index (χ0v) is 10.1. The van der Waals surface area contributed by atoms with Crippen molar-refractivity contribution in [1.82, 2.24) is 0 Å². The van der Waals surface area contributed by atoms with Crippen LogP contribution in [-0.2, 0) is 0 Å². The fourth-order valence-corrected chi connectivity index (χ4v) is 1.75. The average Bonchev–Trinajstić information content (AvgIpc) is 2.39. The molecule has 3 nitrogen and oxygen atoms in total. The van der Waals surface area contributed by atoms with E-state index >= 15 is 0 Å². The molecule has 0 saturated carbocycles. The Morgan fingerprint density at radius 3 is 1.75 bits per heavy atom. The van der Waals surface area contributed by atoms with Crippen molar-refractivity contribution in [1.29, 1.82) is 0 Å². The lowest BCUT2D eigenvalue weighted by Gasteiger charge is -2.08. The Kier molecular flexibility index (Phi) is 3.44. The molecule has 104 valence electrons. The second kappa shape index (κ2) is 4.92. The van der Waals surface area contributed by atoms with Gasteiger partial charge in [0.1, 0.15) is 0 Å². The third kappa shape index (κ3) is 2.11. The third-order valence-electron chi connectivity index (χ3n) is 2.76. The summed E-state index contributed by atoms with van der Waals surface area (Å²) in [7, 11) is 0. The third-order valence-corrected chi connectivity index (χ3v) is 2.76. The first-order valence-corrected chi connectivity index (χ1v) is 5.42. The summed E-state index contributed by atoms with van der Waals surface area (Å²) in [6, 6.07) is 5.51. The summed E-state index contributed by atoms with van der Waals surface area (Å²) in [5.41, 5.74) is -2.14. The standard InChI is InChI=1S/C13H7F4NO2/c1-6-2-4-7(5-3-6)8-9(14)11(16)13(18(19)20)12(17)10(8)15/h2-5H,1H3. The van der Waals surface area contributed by atoms with Gasteiger partial charge in [-0.25, -0.2) is 8.78 Å². The number of benzene rings is 2. The zero-order valence-electron chi connectivity index (χ0n) is 10.1. The molecule has 0 aliphatic carbocycles. The smallest absolute Gasteiger partial charge is 0.258 e. The van der Waals surface area contributed by atoms with Gasteiger partial charge in [-0.2, -0.15) is 8.78 Å². The lowest BCUT2D eigenvalue weighted by atomic mass is 10.0. The van der Waals surface area contributed by atoms with Gasteiger partial charge in [0.2, 0.25) is 11.6 Å². The summed E-state index contributed by atoms with van der Waals surface area (Å²) in [6.45, 7) is 1.72. The molecule has 20 heavy (non-hydrogen) atoms. The van der Waals surface area contributed by atoms with Gasteiger partial charge in [0.05, 0.1) is 10.5 Å². The summed E-state index contributed by atoms with van der Waals surface area (Å²) in [4.78, 5) is 8.93. The molecular weight excluding hydrogens is 278 g/mol. The molecule has 2 aromatic rings. The summed E-state index contributed by atoms with van der Waals surface area (Å²) >= 11 is 0. The number of hydrogen-bond donors (Lipinski definition) is 0.